The van der Waals surface area contributed by atoms with Crippen molar-refractivity contribution in [2.24, 2.45) is 5.41 Å². The minimum atomic E-state index is 0.239. The maximum absolute atomic E-state index is 6.07. The highest BCUT2D eigenvalue weighted by Crippen LogP contribution is 2.46. The molecule has 0 radical (unpaired) electrons. The Labute approximate surface area is 127 Å². The van der Waals surface area contributed by atoms with Gasteiger partial charge in [-0.25, -0.2) is 0 Å². The molecular weight excluding hydrogens is 270 g/mol. The van der Waals surface area contributed by atoms with E-state index in [9.17, 15) is 0 Å². The molecule has 4 atom stereocenters. The van der Waals surface area contributed by atoms with E-state index >= 15 is 0 Å². The predicted molar refractivity (Wildman–Crippen MR) is 85.2 cm³/mol. The van der Waals surface area contributed by atoms with Crippen LogP contribution in [0.1, 0.15) is 52.1 Å². The molecule has 1 aromatic carbocycles. The monoisotopic (exact) mass is 295 g/mol. The Morgan fingerprint density at radius 3 is 2.80 bits per heavy atom. The predicted octanol–water partition coefficient (Wildman–Crippen LogP) is 4.58. The molecular formula is C17H26ClNO. The van der Waals surface area contributed by atoms with Crippen molar-refractivity contribution >= 4 is 11.6 Å². The molecule has 3 heteroatoms. The molecule has 112 valence electrons. The van der Waals surface area contributed by atoms with Crippen LogP contribution in [-0.4, -0.2) is 18.8 Å². The van der Waals surface area contributed by atoms with Crippen LogP contribution >= 0.6 is 11.6 Å². The van der Waals surface area contributed by atoms with Crippen molar-refractivity contribution in [3.8, 4) is 0 Å². The quantitative estimate of drug-likeness (QED) is 0.829. The first-order chi connectivity index (χ1) is 9.51. The SMILES string of the molecule is CCOC1CC(NC(C)c2cccc(Cl)c2)C1(C)CC. The molecule has 0 spiro atoms. The van der Waals surface area contributed by atoms with E-state index < -0.39 is 0 Å². The molecule has 1 fully saturated rings. The molecule has 2 rings (SSSR count). The van der Waals surface area contributed by atoms with Crippen molar-refractivity contribution in [2.75, 3.05) is 6.61 Å². The first kappa shape index (κ1) is 15.8. The van der Waals surface area contributed by atoms with Gasteiger partial charge in [0.05, 0.1) is 6.10 Å². The molecule has 20 heavy (non-hydrogen) atoms. The highest BCUT2D eigenvalue weighted by molar-refractivity contribution is 6.30. The number of nitrogens with one attached hydrogen (secondary N) is 1. The third-order valence-corrected chi connectivity index (χ3v) is 5.15. The molecule has 1 aliphatic rings. The van der Waals surface area contributed by atoms with Crippen LogP contribution in [0.2, 0.25) is 5.02 Å². The highest BCUT2D eigenvalue weighted by atomic mass is 35.5. The van der Waals surface area contributed by atoms with Gasteiger partial charge in [-0.3, -0.25) is 0 Å². The molecule has 0 aromatic heterocycles. The van der Waals surface area contributed by atoms with Gasteiger partial charge < -0.3 is 10.1 Å². The number of ether oxygens (including phenoxy) is 1. The summed E-state index contributed by atoms with van der Waals surface area (Å²) < 4.78 is 5.86. The maximum atomic E-state index is 6.07. The first-order valence-electron chi connectivity index (χ1n) is 7.64. The van der Waals surface area contributed by atoms with E-state index in [0.717, 1.165) is 24.5 Å². The number of benzene rings is 1. The summed E-state index contributed by atoms with van der Waals surface area (Å²) in [4.78, 5) is 0. The van der Waals surface area contributed by atoms with Gasteiger partial charge in [0.15, 0.2) is 0 Å². The fourth-order valence-corrected chi connectivity index (χ4v) is 3.38. The number of halogens is 1. The maximum Gasteiger partial charge on any atom is 0.0658 e. The topological polar surface area (TPSA) is 21.3 Å². The van der Waals surface area contributed by atoms with E-state index in [0.29, 0.717) is 18.2 Å². The molecule has 0 saturated heterocycles. The Hall–Kier alpha value is -0.570. The van der Waals surface area contributed by atoms with Crippen molar-refractivity contribution < 1.29 is 4.74 Å². The van der Waals surface area contributed by atoms with Crippen LogP contribution < -0.4 is 5.32 Å². The lowest BCUT2D eigenvalue weighted by molar-refractivity contribution is -0.127. The van der Waals surface area contributed by atoms with E-state index in [1.165, 1.54) is 5.56 Å². The summed E-state index contributed by atoms with van der Waals surface area (Å²) in [5.74, 6) is 0. The normalized spacial score (nSPS) is 30.9. The second-order valence-electron chi connectivity index (χ2n) is 6.04. The largest absolute Gasteiger partial charge is 0.378 e. The third kappa shape index (κ3) is 3.03. The summed E-state index contributed by atoms with van der Waals surface area (Å²) in [5.41, 5.74) is 1.49. The number of rotatable bonds is 6. The average Bonchev–Trinajstić information content (AvgIpc) is 2.45. The minimum Gasteiger partial charge on any atom is -0.378 e. The van der Waals surface area contributed by atoms with Crippen LogP contribution in [-0.2, 0) is 4.74 Å². The van der Waals surface area contributed by atoms with E-state index in [1.54, 1.807) is 0 Å². The Morgan fingerprint density at radius 1 is 1.45 bits per heavy atom. The molecule has 1 N–H and O–H groups in total. The molecule has 1 saturated carbocycles. The van der Waals surface area contributed by atoms with Crippen LogP contribution in [0, 0.1) is 5.41 Å². The van der Waals surface area contributed by atoms with Crippen molar-refractivity contribution in [1.29, 1.82) is 0 Å². The summed E-state index contributed by atoms with van der Waals surface area (Å²) in [6, 6.07) is 8.93. The molecule has 1 aromatic rings. The Kier molecular flexibility index (Phi) is 5.11. The first-order valence-corrected chi connectivity index (χ1v) is 8.02. The Balaban J connectivity index is 2.00. The van der Waals surface area contributed by atoms with Crippen LogP contribution in [0.15, 0.2) is 24.3 Å². The summed E-state index contributed by atoms with van der Waals surface area (Å²) in [5, 5.41) is 4.55. The molecule has 0 amide bonds. The molecule has 0 bridgehead atoms. The minimum absolute atomic E-state index is 0.239. The number of hydrogen-bond acceptors (Lipinski definition) is 2. The zero-order valence-corrected chi connectivity index (χ0v) is 13.7. The van der Waals surface area contributed by atoms with Crippen molar-refractivity contribution in [1.82, 2.24) is 5.32 Å². The smallest absolute Gasteiger partial charge is 0.0658 e. The standard InChI is InChI=1S/C17H26ClNO/c1-5-17(4)15(11-16(17)20-6-2)19-12(3)13-8-7-9-14(18)10-13/h7-10,12,15-16,19H,5-6,11H2,1-4H3. The van der Waals surface area contributed by atoms with E-state index in [4.69, 9.17) is 16.3 Å². The fourth-order valence-electron chi connectivity index (χ4n) is 3.18. The van der Waals surface area contributed by atoms with Crippen molar-refractivity contribution in [2.45, 2.75) is 58.7 Å². The van der Waals surface area contributed by atoms with Gasteiger partial charge in [-0.1, -0.05) is 37.6 Å². The summed E-state index contributed by atoms with van der Waals surface area (Å²) in [6.07, 6.45) is 2.63. The van der Waals surface area contributed by atoms with E-state index in [1.807, 2.05) is 18.2 Å². The van der Waals surface area contributed by atoms with Gasteiger partial charge in [0.25, 0.3) is 0 Å². The highest BCUT2D eigenvalue weighted by Gasteiger charge is 2.51. The van der Waals surface area contributed by atoms with Gasteiger partial charge in [0.2, 0.25) is 0 Å². The van der Waals surface area contributed by atoms with Gasteiger partial charge in [-0.15, -0.1) is 0 Å². The van der Waals surface area contributed by atoms with Crippen molar-refractivity contribution in [3.63, 3.8) is 0 Å². The van der Waals surface area contributed by atoms with E-state index in [-0.39, 0.29) is 5.41 Å². The van der Waals surface area contributed by atoms with E-state index in [2.05, 4.69) is 39.1 Å². The van der Waals surface area contributed by atoms with Gasteiger partial charge in [-0.2, -0.15) is 0 Å². The summed E-state index contributed by atoms with van der Waals surface area (Å²) in [7, 11) is 0. The zero-order chi connectivity index (χ0) is 14.8. The average molecular weight is 296 g/mol. The Bertz CT molecular complexity index is 450. The summed E-state index contributed by atoms with van der Waals surface area (Å²) in [6.45, 7) is 9.67. The molecule has 4 unspecified atom stereocenters. The lowest BCUT2D eigenvalue weighted by Gasteiger charge is -2.54. The Morgan fingerprint density at radius 2 is 2.20 bits per heavy atom. The number of hydrogen-bond donors (Lipinski definition) is 1. The molecule has 2 nitrogen and oxygen atoms in total. The van der Waals surface area contributed by atoms with Crippen molar-refractivity contribution in [3.05, 3.63) is 34.9 Å². The summed E-state index contributed by atoms with van der Waals surface area (Å²) >= 11 is 6.07. The fraction of sp³-hybridized carbons (Fsp3) is 0.647. The van der Waals surface area contributed by atoms with Gasteiger partial charge >= 0.3 is 0 Å². The second-order valence-corrected chi connectivity index (χ2v) is 6.47. The van der Waals surface area contributed by atoms with Crippen LogP contribution in [0.3, 0.4) is 0 Å². The third-order valence-electron chi connectivity index (χ3n) is 4.91. The van der Waals surface area contributed by atoms with Crippen LogP contribution in [0.4, 0.5) is 0 Å². The van der Waals surface area contributed by atoms with Gasteiger partial charge in [0, 0.05) is 29.1 Å². The second kappa shape index (κ2) is 6.46. The van der Waals surface area contributed by atoms with Gasteiger partial charge in [0.1, 0.15) is 0 Å². The molecule has 0 heterocycles. The molecule has 0 aliphatic heterocycles. The van der Waals surface area contributed by atoms with Gasteiger partial charge in [-0.05, 0) is 44.4 Å². The zero-order valence-electron chi connectivity index (χ0n) is 12.9. The molecule has 1 aliphatic carbocycles. The van der Waals surface area contributed by atoms with Crippen LogP contribution in [0.5, 0.6) is 0 Å². The van der Waals surface area contributed by atoms with Crippen LogP contribution in [0.25, 0.3) is 0 Å². The lowest BCUT2D eigenvalue weighted by Crippen LogP contribution is -2.62. The lowest BCUT2D eigenvalue weighted by atomic mass is 9.61.